The first-order valence-electron chi connectivity index (χ1n) is 7.32. The second kappa shape index (κ2) is 7.64. The van der Waals surface area contributed by atoms with Crippen molar-refractivity contribution in [1.29, 1.82) is 0 Å². The Labute approximate surface area is 142 Å². The van der Waals surface area contributed by atoms with Gasteiger partial charge in [0, 0.05) is 13.0 Å². The van der Waals surface area contributed by atoms with Gasteiger partial charge in [0.15, 0.2) is 9.84 Å². The van der Waals surface area contributed by atoms with Crippen molar-refractivity contribution < 1.29 is 23.1 Å². The highest BCUT2D eigenvalue weighted by Crippen LogP contribution is 2.38. The van der Waals surface area contributed by atoms with Gasteiger partial charge in [0.2, 0.25) is 0 Å². The molecule has 1 heterocycles. The molecule has 7 heteroatoms. The molecule has 5 nitrogen and oxygen atoms in total. The zero-order valence-electron chi connectivity index (χ0n) is 13.7. The molecule has 1 rings (SSSR count). The third kappa shape index (κ3) is 4.25. The fourth-order valence-corrected chi connectivity index (χ4v) is 4.46. The zero-order valence-corrected chi connectivity index (χ0v) is 15.3. The molecule has 0 aromatic carbocycles. The number of Topliss-reactive ketones (excluding diaryl/α,β-unsaturated/α-hetero) is 1. The van der Waals surface area contributed by atoms with Crippen molar-refractivity contribution in [2.75, 3.05) is 13.2 Å². The second-order valence-corrected chi connectivity index (χ2v) is 8.68. The number of aliphatic hydroxyl groups excluding tert-OH is 1. The molecule has 1 aliphatic rings. The lowest BCUT2D eigenvalue weighted by Gasteiger charge is -2.25. The van der Waals surface area contributed by atoms with E-state index < -0.39 is 20.3 Å². The van der Waals surface area contributed by atoms with E-state index in [1.165, 1.54) is 13.0 Å². The summed E-state index contributed by atoms with van der Waals surface area (Å²) in [7, 11) is -3.94. The van der Waals surface area contributed by atoms with Crippen LogP contribution in [0.1, 0.15) is 40.0 Å². The average molecular weight is 363 g/mol. The molecule has 0 aromatic rings. The molecule has 0 aliphatic carbocycles. The molecule has 0 radical (unpaired) electrons. The first kappa shape index (κ1) is 19.9. The normalized spacial score (nSPS) is 23.6. The first-order valence-corrected chi connectivity index (χ1v) is 9.18. The third-order valence-corrected chi connectivity index (χ3v) is 6.99. The predicted molar refractivity (Wildman–Crippen MR) is 91.1 cm³/mol. The standard InChI is InChI=1S/C16H23ClO5S/c1-5-13(17)15(14(19)11(2)6-7-12(3)18)23(20,21)16(4)8-9-22-10-16/h5,19H,2,6-10H2,1,3-4H3/b13-5+,15-14-/t16-/m0/s1. The van der Waals surface area contributed by atoms with Crippen LogP contribution in [0.5, 0.6) is 0 Å². The van der Waals surface area contributed by atoms with Crippen molar-refractivity contribution in [3.63, 3.8) is 0 Å². The molecule has 1 fully saturated rings. The Bertz CT molecular complexity index is 652. The van der Waals surface area contributed by atoms with Crippen LogP contribution in [0, 0.1) is 0 Å². The number of rotatable bonds is 7. The minimum atomic E-state index is -3.94. The van der Waals surface area contributed by atoms with E-state index in [0.717, 1.165) is 0 Å². The molecule has 23 heavy (non-hydrogen) atoms. The highest BCUT2D eigenvalue weighted by Gasteiger charge is 2.46. The summed E-state index contributed by atoms with van der Waals surface area (Å²) in [5, 5.41) is 10.4. The lowest BCUT2D eigenvalue weighted by atomic mass is 10.1. The van der Waals surface area contributed by atoms with Crippen LogP contribution in [-0.4, -0.2) is 37.3 Å². The van der Waals surface area contributed by atoms with Crippen molar-refractivity contribution >= 4 is 27.2 Å². The first-order chi connectivity index (χ1) is 10.6. The Hall–Kier alpha value is -1.11. The van der Waals surface area contributed by atoms with E-state index >= 15 is 0 Å². The maximum absolute atomic E-state index is 13.0. The van der Waals surface area contributed by atoms with Gasteiger partial charge in [-0.1, -0.05) is 24.3 Å². The summed E-state index contributed by atoms with van der Waals surface area (Å²) in [6, 6.07) is 0. The fraction of sp³-hybridized carbons (Fsp3) is 0.562. The van der Waals surface area contributed by atoms with Crippen LogP contribution in [-0.2, 0) is 19.4 Å². The molecule has 0 aromatic heterocycles. The number of carbonyl (C=O) groups is 1. The van der Waals surface area contributed by atoms with Crippen LogP contribution in [0.25, 0.3) is 0 Å². The van der Waals surface area contributed by atoms with Crippen LogP contribution in [0.15, 0.2) is 33.9 Å². The maximum Gasteiger partial charge on any atom is 0.191 e. The van der Waals surface area contributed by atoms with Gasteiger partial charge in [-0.2, -0.15) is 0 Å². The molecule has 0 amide bonds. The molecular formula is C16H23ClO5S. The van der Waals surface area contributed by atoms with E-state index in [2.05, 4.69) is 6.58 Å². The van der Waals surface area contributed by atoms with Gasteiger partial charge in [-0.05, 0) is 39.2 Å². The van der Waals surface area contributed by atoms with Crippen molar-refractivity contribution in [2.24, 2.45) is 0 Å². The minimum Gasteiger partial charge on any atom is -0.506 e. The predicted octanol–water partition coefficient (Wildman–Crippen LogP) is 3.42. The van der Waals surface area contributed by atoms with Gasteiger partial charge in [-0.15, -0.1) is 0 Å². The number of sulfone groups is 1. The second-order valence-electron chi connectivity index (χ2n) is 5.88. The number of allylic oxidation sites excluding steroid dienone is 3. The lowest BCUT2D eigenvalue weighted by Crippen LogP contribution is -2.37. The third-order valence-electron chi connectivity index (χ3n) is 3.90. The van der Waals surface area contributed by atoms with Gasteiger partial charge in [0.05, 0.1) is 16.4 Å². The van der Waals surface area contributed by atoms with Crippen LogP contribution in [0.4, 0.5) is 0 Å². The quantitative estimate of drug-likeness (QED) is 0.554. The number of hydrogen-bond acceptors (Lipinski definition) is 5. The number of carbonyl (C=O) groups excluding carboxylic acids is 1. The van der Waals surface area contributed by atoms with Crippen LogP contribution in [0.2, 0.25) is 0 Å². The molecule has 1 atom stereocenters. The van der Waals surface area contributed by atoms with Crippen LogP contribution >= 0.6 is 11.6 Å². The van der Waals surface area contributed by atoms with E-state index in [9.17, 15) is 18.3 Å². The molecule has 0 saturated carbocycles. The summed E-state index contributed by atoms with van der Waals surface area (Å²) < 4.78 is 30.1. The van der Waals surface area contributed by atoms with Crippen molar-refractivity contribution in [2.45, 2.75) is 44.8 Å². The van der Waals surface area contributed by atoms with Gasteiger partial charge in [-0.3, -0.25) is 0 Å². The number of ether oxygens (including phenoxy) is 1. The molecule has 0 unspecified atom stereocenters. The summed E-state index contributed by atoms with van der Waals surface area (Å²) in [6.07, 6.45) is 2.06. The minimum absolute atomic E-state index is 0.0416. The van der Waals surface area contributed by atoms with Gasteiger partial charge < -0.3 is 14.6 Å². The Morgan fingerprint density at radius 1 is 1.43 bits per heavy atom. The molecule has 1 aliphatic heterocycles. The van der Waals surface area contributed by atoms with E-state index in [1.54, 1.807) is 13.8 Å². The van der Waals surface area contributed by atoms with E-state index in [1.807, 2.05) is 0 Å². The van der Waals surface area contributed by atoms with E-state index in [4.69, 9.17) is 16.3 Å². The van der Waals surface area contributed by atoms with Crippen LogP contribution in [0.3, 0.4) is 0 Å². The monoisotopic (exact) mass is 362 g/mol. The van der Waals surface area contributed by atoms with Gasteiger partial charge in [0.1, 0.15) is 16.4 Å². The topological polar surface area (TPSA) is 80.7 Å². The van der Waals surface area contributed by atoms with Gasteiger partial charge in [-0.25, -0.2) is 8.42 Å². The maximum atomic E-state index is 13.0. The van der Waals surface area contributed by atoms with Crippen molar-refractivity contribution in [1.82, 2.24) is 0 Å². The smallest absolute Gasteiger partial charge is 0.191 e. The summed E-state index contributed by atoms with van der Waals surface area (Å²) in [5.74, 6) is -0.556. The largest absolute Gasteiger partial charge is 0.506 e. The Morgan fingerprint density at radius 2 is 2.04 bits per heavy atom. The number of ketones is 1. The molecule has 130 valence electrons. The number of aliphatic hydroxyl groups is 1. The molecule has 1 saturated heterocycles. The van der Waals surface area contributed by atoms with E-state index in [-0.39, 0.29) is 40.7 Å². The Kier molecular flexibility index (Phi) is 6.62. The zero-order chi connectivity index (χ0) is 17.8. The molecule has 0 spiro atoms. The Balaban J connectivity index is 3.37. The average Bonchev–Trinajstić information content (AvgIpc) is 2.92. The summed E-state index contributed by atoms with van der Waals surface area (Å²) in [5.41, 5.74) is 0.168. The van der Waals surface area contributed by atoms with Gasteiger partial charge in [0.25, 0.3) is 0 Å². The number of halogens is 1. The van der Waals surface area contributed by atoms with E-state index in [0.29, 0.717) is 13.0 Å². The Morgan fingerprint density at radius 3 is 2.48 bits per heavy atom. The summed E-state index contributed by atoms with van der Waals surface area (Å²) >= 11 is 6.07. The van der Waals surface area contributed by atoms with Crippen molar-refractivity contribution in [3.8, 4) is 0 Å². The number of hydrogen-bond donors (Lipinski definition) is 1. The summed E-state index contributed by atoms with van der Waals surface area (Å²) in [6.45, 7) is 8.63. The fourth-order valence-electron chi connectivity index (χ4n) is 2.21. The summed E-state index contributed by atoms with van der Waals surface area (Å²) in [4.78, 5) is 10.7. The SMILES string of the molecule is C=C(CCC(C)=O)/C(O)=C(\C(Cl)=C/C)S(=O)(=O)[C@@]1(C)CCOC1. The highest BCUT2D eigenvalue weighted by molar-refractivity contribution is 7.97. The highest BCUT2D eigenvalue weighted by atomic mass is 35.5. The van der Waals surface area contributed by atoms with Crippen molar-refractivity contribution in [3.05, 3.63) is 33.9 Å². The lowest BCUT2D eigenvalue weighted by molar-refractivity contribution is -0.116. The molecule has 1 N–H and O–H groups in total. The van der Waals surface area contributed by atoms with Gasteiger partial charge >= 0.3 is 0 Å². The molecular weight excluding hydrogens is 340 g/mol. The van der Waals surface area contributed by atoms with Crippen LogP contribution < -0.4 is 0 Å². The molecule has 0 bridgehead atoms.